The van der Waals surface area contributed by atoms with Gasteiger partial charge in [0.25, 0.3) is 5.91 Å². The Morgan fingerprint density at radius 3 is 2.47 bits per heavy atom. The molecule has 0 bridgehead atoms. The molecular weight excluding hydrogens is 430 g/mol. The Morgan fingerprint density at radius 2 is 1.74 bits per heavy atom. The number of ether oxygens (including phenoxy) is 1. The van der Waals surface area contributed by atoms with Gasteiger partial charge in [0.1, 0.15) is 12.1 Å². The van der Waals surface area contributed by atoms with Crippen LogP contribution in [0, 0.1) is 0 Å². The van der Waals surface area contributed by atoms with Crippen LogP contribution in [0.2, 0.25) is 0 Å². The summed E-state index contributed by atoms with van der Waals surface area (Å²) in [6.07, 6.45) is 5.52. The van der Waals surface area contributed by atoms with Gasteiger partial charge >= 0.3 is 12.0 Å². The molecule has 1 unspecified atom stereocenters. The lowest BCUT2D eigenvalue weighted by Gasteiger charge is -2.36. The molecule has 2 aromatic carbocycles. The zero-order chi connectivity index (χ0) is 23.4. The second-order valence-corrected chi connectivity index (χ2v) is 9.49. The fourth-order valence-corrected chi connectivity index (χ4v) is 6.04. The molecule has 3 aliphatic rings. The summed E-state index contributed by atoms with van der Waals surface area (Å²) in [5.41, 5.74) is 4.33. The quantitative estimate of drug-likeness (QED) is 0.462. The van der Waals surface area contributed by atoms with Crippen molar-refractivity contribution in [3.05, 3.63) is 70.9 Å². The van der Waals surface area contributed by atoms with Gasteiger partial charge in [-0.25, -0.2) is 9.59 Å². The number of imide groups is 1. The Hall–Kier alpha value is -3.61. The van der Waals surface area contributed by atoms with Crippen LogP contribution in [0.3, 0.4) is 0 Å². The number of urea groups is 1. The fraction of sp³-hybridized carbons (Fsp3) is 0.370. The first-order valence-electron chi connectivity index (χ1n) is 12.0. The van der Waals surface area contributed by atoms with Crippen LogP contribution >= 0.6 is 0 Å². The highest BCUT2D eigenvalue weighted by Crippen LogP contribution is 2.45. The van der Waals surface area contributed by atoms with E-state index in [1.807, 2.05) is 30.3 Å². The summed E-state index contributed by atoms with van der Waals surface area (Å²) < 4.78 is 4.84. The lowest BCUT2D eigenvalue weighted by atomic mass is 9.88. The normalized spacial score (nSPS) is 22.7. The topological polar surface area (TPSA) is 82.7 Å². The molecule has 34 heavy (non-hydrogen) atoms. The van der Waals surface area contributed by atoms with Crippen molar-refractivity contribution in [3.8, 4) is 0 Å². The lowest BCUT2D eigenvalue weighted by Crippen LogP contribution is -2.44. The number of para-hydroxylation sites is 1. The number of nitrogens with one attached hydrogen (secondary N) is 1. The minimum Gasteiger partial charge on any atom is -0.465 e. The number of methoxy groups -OCH3 is 1. The highest BCUT2D eigenvalue weighted by Gasteiger charge is 2.54. The Labute approximate surface area is 197 Å². The van der Waals surface area contributed by atoms with E-state index in [-0.39, 0.29) is 18.0 Å². The average Bonchev–Trinajstić information content (AvgIpc) is 3.37. The summed E-state index contributed by atoms with van der Waals surface area (Å²) in [6, 6.07) is 14.0. The largest absolute Gasteiger partial charge is 0.465 e. The van der Waals surface area contributed by atoms with Crippen LogP contribution in [0.1, 0.15) is 65.3 Å². The van der Waals surface area contributed by atoms with E-state index >= 15 is 0 Å². The molecule has 3 amide bonds. The first kappa shape index (κ1) is 21.0. The minimum absolute atomic E-state index is 0.0169. The highest BCUT2D eigenvalue weighted by atomic mass is 16.5. The van der Waals surface area contributed by atoms with Gasteiger partial charge in [-0.15, -0.1) is 0 Å². The van der Waals surface area contributed by atoms with Crippen molar-refractivity contribution in [2.45, 2.75) is 56.7 Å². The smallest absolute Gasteiger partial charge is 0.337 e. The van der Waals surface area contributed by atoms with Gasteiger partial charge in [-0.05, 0) is 42.2 Å². The maximum absolute atomic E-state index is 13.8. The highest BCUT2D eigenvalue weighted by molar-refractivity contribution is 6.06. The van der Waals surface area contributed by atoms with Crippen LogP contribution in [-0.2, 0) is 16.0 Å². The third-order valence-corrected chi connectivity index (χ3v) is 7.67. The molecule has 2 atom stereocenters. The molecule has 1 aliphatic carbocycles. The summed E-state index contributed by atoms with van der Waals surface area (Å²) in [6.45, 7) is 0. The van der Waals surface area contributed by atoms with E-state index in [4.69, 9.17) is 4.74 Å². The zero-order valence-corrected chi connectivity index (χ0v) is 19.1. The van der Waals surface area contributed by atoms with E-state index in [2.05, 4.69) is 11.1 Å². The van der Waals surface area contributed by atoms with Crippen LogP contribution in [0.4, 0.5) is 4.79 Å². The van der Waals surface area contributed by atoms with Gasteiger partial charge in [0.05, 0.1) is 12.7 Å². The molecule has 7 nitrogen and oxygen atoms in total. The van der Waals surface area contributed by atoms with E-state index in [1.165, 1.54) is 7.11 Å². The monoisotopic (exact) mass is 457 g/mol. The van der Waals surface area contributed by atoms with Crippen LogP contribution in [0.25, 0.3) is 10.9 Å². The number of rotatable bonds is 3. The second-order valence-electron chi connectivity index (χ2n) is 9.49. The number of benzene rings is 2. The molecule has 1 saturated carbocycles. The van der Waals surface area contributed by atoms with Crippen molar-refractivity contribution in [1.29, 1.82) is 0 Å². The SMILES string of the molecule is COC(=O)c1ccc(C2c3[nH]c4ccccc4c3C[C@H]3C(=O)N(C4CCCCC4)C(=O)N23)cc1. The first-order valence-corrected chi connectivity index (χ1v) is 12.0. The second kappa shape index (κ2) is 8.01. The maximum atomic E-state index is 13.8. The van der Waals surface area contributed by atoms with Crippen molar-refractivity contribution in [1.82, 2.24) is 14.8 Å². The molecule has 3 heterocycles. The molecule has 1 aromatic heterocycles. The Bertz CT molecular complexity index is 1290. The maximum Gasteiger partial charge on any atom is 0.337 e. The predicted octanol–water partition coefficient (Wildman–Crippen LogP) is 4.57. The van der Waals surface area contributed by atoms with Crippen LogP contribution < -0.4 is 0 Å². The number of esters is 1. The summed E-state index contributed by atoms with van der Waals surface area (Å²) >= 11 is 0. The molecule has 7 heteroatoms. The standard InChI is InChI=1S/C27H27N3O4/c1-34-26(32)17-13-11-16(12-14-17)24-23-20(19-9-5-6-10-21(19)28-23)15-22-25(31)29(27(33)30(22)24)18-7-3-2-4-8-18/h5-6,9-14,18,22,24,28H,2-4,7-8,15H2,1H3/t22-,24?/m0/s1. The van der Waals surface area contributed by atoms with Gasteiger partial charge in [0.2, 0.25) is 0 Å². The van der Waals surface area contributed by atoms with E-state index in [0.29, 0.717) is 12.0 Å². The molecule has 1 N–H and O–H groups in total. The van der Waals surface area contributed by atoms with E-state index in [1.54, 1.807) is 21.9 Å². The fourth-order valence-electron chi connectivity index (χ4n) is 6.04. The summed E-state index contributed by atoms with van der Waals surface area (Å²) in [5, 5.41) is 1.09. The molecule has 174 valence electrons. The van der Waals surface area contributed by atoms with Crippen LogP contribution in [0.5, 0.6) is 0 Å². The van der Waals surface area contributed by atoms with Gasteiger partial charge in [-0.2, -0.15) is 0 Å². The number of carbonyl (C=O) groups excluding carboxylic acids is 3. The number of hydrogen-bond acceptors (Lipinski definition) is 4. The molecule has 1 saturated heterocycles. The van der Waals surface area contributed by atoms with Crippen molar-refractivity contribution < 1.29 is 19.1 Å². The molecule has 6 rings (SSSR count). The Balaban J connectivity index is 1.48. The van der Waals surface area contributed by atoms with Crippen LogP contribution in [-0.4, -0.2) is 51.9 Å². The van der Waals surface area contributed by atoms with E-state index in [0.717, 1.165) is 59.8 Å². The number of carbonyl (C=O) groups is 3. The molecule has 0 radical (unpaired) electrons. The number of amides is 3. The molecule has 3 aromatic rings. The van der Waals surface area contributed by atoms with Crippen molar-refractivity contribution in [3.63, 3.8) is 0 Å². The van der Waals surface area contributed by atoms with Gasteiger partial charge in [0.15, 0.2) is 0 Å². The number of aromatic amines is 1. The molecular formula is C27H27N3O4. The number of aromatic nitrogens is 1. The third kappa shape index (κ3) is 3.06. The average molecular weight is 458 g/mol. The Kier molecular flexibility index (Phi) is 4.94. The number of hydrogen-bond donors (Lipinski definition) is 1. The number of nitrogens with zero attached hydrogens (tertiary/aromatic N) is 2. The summed E-state index contributed by atoms with van der Waals surface area (Å²) in [5.74, 6) is -0.487. The predicted molar refractivity (Wildman–Crippen MR) is 126 cm³/mol. The summed E-state index contributed by atoms with van der Waals surface area (Å²) in [4.78, 5) is 46.3. The summed E-state index contributed by atoms with van der Waals surface area (Å²) in [7, 11) is 1.35. The van der Waals surface area contributed by atoms with Gasteiger partial charge in [-0.3, -0.25) is 14.6 Å². The molecule has 2 fully saturated rings. The number of H-pyrrole nitrogens is 1. The third-order valence-electron chi connectivity index (χ3n) is 7.67. The van der Waals surface area contributed by atoms with Crippen molar-refractivity contribution in [2.24, 2.45) is 0 Å². The van der Waals surface area contributed by atoms with Crippen molar-refractivity contribution in [2.75, 3.05) is 7.11 Å². The van der Waals surface area contributed by atoms with Crippen molar-refractivity contribution >= 4 is 28.8 Å². The van der Waals surface area contributed by atoms with E-state index < -0.39 is 18.1 Å². The molecule has 2 aliphatic heterocycles. The number of fused-ring (bicyclic) bond motifs is 4. The van der Waals surface area contributed by atoms with E-state index in [9.17, 15) is 14.4 Å². The lowest BCUT2D eigenvalue weighted by molar-refractivity contribution is -0.130. The minimum atomic E-state index is -0.522. The van der Waals surface area contributed by atoms with Gasteiger partial charge < -0.3 is 9.72 Å². The Morgan fingerprint density at radius 1 is 1.00 bits per heavy atom. The van der Waals surface area contributed by atoms with Gasteiger partial charge in [-0.1, -0.05) is 49.6 Å². The van der Waals surface area contributed by atoms with Gasteiger partial charge in [0, 0.05) is 29.1 Å². The first-order chi connectivity index (χ1) is 16.6. The zero-order valence-electron chi connectivity index (χ0n) is 19.1. The molecule has 0 spiro atoms. The van der Waals surface area contributed by atoms with Crippen LogP contribution in [0.15, 0.2) is 48.5 Å².